The van der Waals surface area contributed by atoms with Gasteiger partial charge in [0.05, 0.1) is 5.41 Å². The second-order valence-electron chi connectivity index (χ2n) is 5.05. The van der Waals surface area contributed by atoms with Gasteiger partial charge in [-0.15, -0.1) is 12.4 Å². The fourth-order valence-electron chi connectivity index (χ4n) is 2.92. The summed E-state index contributed by atoms with van der Waals surface area (Å²) in [7, 11) is 0. The molecule has 0 aromatic carbocycles. The SMILES string of the molecule is CCCCC1CC2(CCNCC2)C(=O)N1.Cl. The first-order valence-electron chi connectivity index (χ1n) is 6.28. The van der Waals surface area contributed by atoms with Gasteiger partial charge in [0.25, 0.3) is 0 Å². The van der Waals surface area contributed by atoms with Crippen molar-refractivity contribution in [1.29, 1.82) is 0 Å². The Kier molecular flexibility index (Phi) is 5.06. The number of hydrogen-bond donors (Lipinski definition) is 2. The molecule has 0 aromatic heterocycles. The molecule has 2 rings (SSSR count). The maximum absolute atomic E-state index is 12.0. The summed E-state index contributed by atoms with van der Waals surface area (Å²) in [6.07, 6.45) is 6.76. The van der Waals surface area contributed by atoms with Crippen molar-refractivity contribution in [3.63, 3.8) is 0 Å². The normalized spacial score (nSPS) is 27.6. The highest BCUT2D eigenvalue weighted by Gasteiger charge is 2.46. The van der Waals surface area contributed by atoms with Crippen molar-refractivity contribution in [3.05, 3.63) is 0 Å². The summed E-state index contributed by atoms with van der Waals surface area (Å²) in [5, 5.41) is 6.52. The van der Waals surface area contributed by atoms with Crippen LogP contribution in [-0.4, -0.2) is 25.0 Å². The molecule has 0 bridgehead atoms. The number of nitrogens with one attached hydrogen (secondary N) is 2. The number of carbonyl (C=O) groups excluding carboxylic acids is 1. The van der Waals surface area contributed by atoms with E-state index in [1.54, 1.807) is 0 Å². The first-order chi connectivity index (χ1) is 7.27. The van der Waals surface area contributed by atoms with E-state index in [-0.39, 0.29) is 17.8 Å². The van der Waals surface area contributed by atoms with Crippen LogP contribution in [0.25, 0.3) is 0 Å². The predicted octanol–water partition coefficient (Wildman–Crippen LogP) is 1.86. The topological polar surface area (TPSA) is 41.1 Å². The molecular formula is C12H23ClN2O. The van der Waals surface area contributed by atoms with E-state index in [2.05, 4.69) is 17.6 Å². The minimum absolute atomic E-state index is 0. The average Bonchev–Trinajstić information content (AvgIpc) is 2.54. The molecule has 1 unspecified atom stereocenters. The summed E-state index contributed by atoms with van der Waals surface area (Å²) in [6.45, 7) is 4.22. The van der Waals surface area contributed by atoms with Crippen LogP contribution in [0.2, 0.25) is 0 Å². The Bertz CT molecular complexity index is 239. The number of rotatable bonds is 3. The van der Waals surface area contributed by atoms with Gasteiger partial charge in [-0.25, -0.2) is 0 Å². The Morgan fingerprint density at radius 1 is 1.38 bits per heavy atom. The zero-order chi connectivity index (χ0) is 10.7. The number of amides is 1. The Balaban J connectivity index is 0.00000128. The van der Waals surface area contributed by atoms with Gasteiger partial charge in [0.2, 0.25) is 5.91 Å². The second-order valence-corrected chi connectivity index (χ2v) is 5.05. The molecule has 16 heavy (non-hydrogen) atoms. The van der Waals surface area contributed by atoms with Gasteiger partial charge in [-0.05, 0) is 38.8 Å². The van der Waals surface area contributed by atoms with E-state index >= 15 is 0 Å². The third-order valence-electron chi connectivity index (χ3n) is 3.92. The van der Waals surface area contributed by atoms with E-state index in [0.717, 1.165) is 38.8 Å². The van der Waals surface area contributed by atoms with E-state index in [9.17, 15) is 4.79 Å². The quantitative estimate of drug-likeness (QED) is 0.798. The van der Waals surface area contributed by atoms with E-state index < -0.39 is 0 Å². The minimum atomic E-state index is -0.0103. The van der Waals surface area contributed by atoms with Gasteiger partial charge in [-0.2, -0.15) is 0 Å². The molecule has 2 fully saturated rings. The molecule has 2 saturated heterocycles. The summed E-state index contributed by atoms with van der Waals surface area (Å²) in [4.78, 5) is 12.0. The highest BCUT2D eigenvalue weighted by molar-refractivity contribution is 5.85. The van der Waals surface area contributed by atoms with Gasteiger partial charge >= 0.3 is 0 Å². The largest absolute Gasteiger partial charge is 0.353 e. The first-order valence-corrected chi connectivity index (χ1v) is 6.28. The van der Waals surface area contributed by atoms with E-state index in [4.69, 9.17) is 0 Å². The fourth-order valence-corrected chi connectivity index (χ4v) is 2.92. The molecule has 3 nitrogen and oxygen atoms in total. The minimum Gasteiger partial charge on any atom is -0.353 e. The number of piperidine rings is 1. The molecule has 94 valence electrons. The van der Waals surface area contributed by atoms with Crippen molar-refractivity contribution in [2.45, 2.75) is 51.5 Å². The van der Waals surface area contributed by atoms with Crippen molar-refractivity contribution in [2.24, 2.45) is 5.41 Å². The van der Waals surface area contributed by atoms with E-state index in [1.807, 2.05) is 0 Å². The van der Waals surface area contributed by atoms with Crippen molar-refractivity contribution in [1.82, 2.24) is 10.6 Å². The standard InChI is InChI=1S/C12H22N2O.ClH/c1-2-3-4-10-9-12(11(15)14-10)5-7-13-8-6-12;/h10,13H,2-9H2,1H3,(H,14,15);1H. The maximum Gasteiger partial charge on any atom is 0.226 e. The molecule has 1 atom stereocenters. The Morgan fingerprint density at radius 3 is 2.69 bits per heavy atom. The van der Waals surface area contributed by atoms with Crippen molar-refractivity contribution < 1.29 is 4.79 Å². The first kappa shape index (κ1) is 13.8. The Hall–Kier alpha value is -0.280. The van der Waals surface area contributed by atoms with Crippen LogP contribution in [0.5, 0.6) is 0 Å². The van der Waals surface area contributed by atoms with Gasteiger partial charge in [-0.1, -0.05) is 19.8 Å². The van der Waals surface area contributed by atoms with Gasteiger partial charge in [0.15, 0.2) is 0 Å². The monoisotopic (exact) mass is 246 g/mol. The lowest BCUT2D eigenvalue weighted by Gasteiger charge is -2.30. The third-order valence-corrected chi connectivity index (χ3v) is 3.92. The molecule has 0 radical (unpaired) electrons. The summed E-state index contributed by atoms with van der Waals surface area (Å²) >= 11 is 0. The highest BCUT2D eigenvalue weighted by Crippen LogP contribution is 2.39. The van der Waals surface area contributed by atoms with Gasteiger partial charge in [0.1, 0.15) is 0 Å². The third kappa shape index (κ3) is 2.69. The molecule has 0 aromatic rings. The molecule has 2 N–H and O–H groups in total. The van der Waals surface area contributed by atoms with Gasteiger partial charge < -0.3 is 10.6 Å². The molecule has 2 aliphatic heterocycles. The van der Waals surface area contributed by atoms with Crippen molar-refractivity contribution in [2.75, 3.05) is 13.1 Å². The maximum atomic E-state index is 12.0. The van der Waals surface area contributed by atoms with Crippen LogP contribution in [0.15, 0.2) is 0 Å². The average molecular weight is 247 g/mol. The predicted molar refractivity (Wildman–Crippen MR) is 67.9 cm³/mol. The summed E-state index contributed by atoms with van der Waals surface area (Å²) in [6, 6.07) is 0.454. The Labute approximate surface area is 104 Å². The van der Waals surface area contributed by atoms with Crippen LogP contribution >= 0.6 is 12.4 Å². The van der Waals surface area contributed by atoms with Crippen molar-refractivity contribution in [3.8, 4) is 0 Å². The second kappa shape index (κ2) is 5.87. The lowest BCUT2D eigenvalue weighted by atomic mass is 9.76. The van der Waals surface area contributed by atoms with E-state index in [0.29, 0.717) is 11.9 Å². The summed E-state index contributed by atoms with van der Waals surface area (Å²) < 4.78 is 0. The lowest BCUT2D eigenvalue weighted by molar-refractivity contribution is -0.128. The van der Waals surface area contributed by atoms with Crippen LogP contribution in [-0.2, 0) is 4.79 Å². The Morgan fingerprint density at radius 2 is 2.06 bits per heavy atom. The number of hydrogen-bond acceptors (Lipinski definition) is 2. The van der Waals surface area contributed by atoms with E-state index in [1.165, 1.54) is 12.8 Å². The molecule has 1 spiro atoms. The van der Waals surface area contributed by atoms with Crippen LogP contribution in [0.4, 0.5) is 0 Å². The summed E-state index contributed by atoms with van der Waals surface area (Å²) in [5.41, 5.74) is -0.0103. The zero-order valence-corrected chi connectivity index (χ0v) is 10.9. The smallest absolute Gasteiger partial charge is 0.226 e. The molecule has 0 aliphatic carbocycles. The van der Waals surface area contributed by atoms with Crippen LogP contribution in [0.1, 0.15) is 45.4 Å². The van der Waals surface area contributed by atoms with Crippen LogP contribution in [0.3, 0.4) is 0 Å². The number of carbonyl (C=O) groups is 1. The highest BCUT2D eigenvalue weighted by atomic mass is 35.5. The van der Waals surface area contributed by atoms with Crippen LogP contribution in [0, 0.1) is 5.41 Å². The molecular weight excluding hydrogens is 224 g/mol. The molecule has 2 heterocycles. The fraction of sp³-hybridized carbons (Fsp3) is 0.917. The molecule has 0 saturated carbocycles. The van der Waals surface area contributed by atoms with Crippen LogP contribution < -0.4 is 10.6 Å². The van der Waals surface area contributed by atoms with Gasteiger partial charge in [0, 0.05) is 6.04 Å². The van der Waals surface area contributed by atoms with Gasteiger partial charge in [-0.3, -0.25) is 4.79 Å². The number of halogens is 1. The summed E-state index contributed by atoms with van der Waals surface area (Å²) in [5.74, 6) is 0.324. The molecule has 2 aliphatic rings. The van der Waals surface area contributed by atoms with Crippen molar-refractivity contribution >= 4 is 18.3 Å². The number of unbranched alkanes of at least 4 members (excludes halogenated alkanes) is 1. The molecule has 4 heteroatoms. The molecule has 1 amide bonds. The zero-order valence-electron chi connectivity index (χ0n) is 10.1. The lowest BCUT2D eigenvalue weighted by Crippen LogP contribution is -2.41.